The Kier molecular flexibility index (Phi) is 2.97. The lowest BCUT2D eigenvalue weighted by Crippen LogP contribution is -2.31. The second-order valence-electron chi connectivity index (χ2n) is 5.07. The van der Waals surface area contributed by atoms with Gasteiger partial charge in [0.25, 0.3) is 0 Å². The van der Waals surface area contributed by atoms with Gasteiger partial charge < -0.3 is 0 Å². The lowest BCUT2D eigenvalue weighted by Gasteiger charge is -2.18. The van der Waals surface area contributed by atoms with Crippen LogP contribution in [0.2, 0.25) is 0 Å². The molecule has 19 heavy (non-hydrogen) atoms. The Labute approximate surface area is 114 Å². The van der Waals surface area contributed by atoms with Gasteiger partial charge in [0, 0.05) is 11.0 Å². The summed E-state index contributed by atoms with van der Waals surface area (Å²) in [6.07, 6.45) is 4.33. The fourth-order valence-corrected chi connectivity index (χ4v) is 4.17. The molecule has 1 unspecified atom stereocenters. The van der Waals surface area contributed by atoms with Crippen LogP contribution in [0.1, 0.15) is 25.7 Å². The molecule has 1 fully saturated rings. The van der Waals surface area contributed by atoms with Gasteiger partial charge in [0.05, 0.1) is 21.1 Å². The number of rotatable bonds is 2. The van der Waals surface area contributed by atoms with E-state index in [0.29, 0.717) is 17.7 Å². The molecule has 3 rings (SSSR count). The molecule has 0 amide bonds. The van der Waals surface area contributed by atoms with E-state index in [1.54, 1.807) is 24.3 Å². The van der Waals surface area contributed by atoms with E-state index >= 15 is 0 Å². The van der Waals surface area contributed by atoms with Gasteiger partial charge in [0.15, 0.2) is 11.6 Å². The standard InChI is InChI=1S/C15H14O3S/c16-13-10-12(14(17)15(13)8-4-5-9-15)19(18)11-6-2-1-3-7-11/h1-3,6-7,10H,4-5,8-9H2. The van der Waals surface area contributed by atoms with Crippen molar-refractivity contribution < 1.29 is 13.8 Å². The molecule has 4 heteroatoms. The van der Waals surface area contributed by atoms with Crippen molar-refractivity contribution in [2.45, 2.75) is 30.6 Å². The molecule has 1 spiro atoms. The summed E-state index contributed by atoms with van der Waals surface area (Å²) in [6, 6.07) is 8.82. The fraction of sp³-hybridized carbons (Fsp3) is 0.333. The van der Waals surface area contributed by atoms with Crippen LogP contribution in [0.3, 0.4) is 0 Å². The fourth-order valence-electron chi connectivity index (χ4n) is 2.93. The average Bonchev–Trinajstić information content (AvgIpc) is 3.02. The Balaban J connectivity index is 1.95. The smallest absolute Gasteiger partial charge is 0.186 e. The van der Waals surface area contributed by atoms with Crippen molar-refractivity contribution in [2.24, 2.45) is 5.41 Å². The van der Waals surface area contributed by atoms with Gasteiger partial charge >= 0.3 is 0 Å². The molecule has 0 saturated heterocycles. The summed E-state index contributed by atoms with van der Waals surface area (Å²) >= 11 is 0. The van der Waals surface area contributed by atoms with Crippen LogP contribution in [0.4, 0.5) is 0 Å². The number of allylic oxidation sites excluding steroid dienone is 2. The first kappa shape index (κ1) is 12.5. The van der Waals surface area contributed by atoms with E-state index in [1.165, 1.54) is 6.08 Å². The minimum absolute atomic E-state index is 0.144. The van der Waals surface area contributed by atoms with E-state index in [-0.39, 0.29) is 16.5 Å². The lowest BCUT2D eigenvalue weighted by atomic mass is 9.82. The summed E-state index contributed by atoms with van der Waals surface area (Å²) in [5.41, 5.74) is -0.875. The third-order valence-electron chi connectivity index (χ3n) is 4.01. The van der Waals surface area contributed by atoms with Gasteiger partial charge in [0.2, 0.25) is 0 Å². The molecule has 1 aromatic rings. The van der Waals surface area contributed by atoms with Gasteiger partial charge in [0.1, 0.15) is 0 Å². The number of benzene rings is 1. The van der Waals surface area contributed by atoms with Crippen LogP contribution >= 0.6 is 0 Å². The van der Waals surface area contributed by atoms with E-state index in [9.17, 15) is 13.8 Å². The zero-order chi connectivity index (χ0) is 13.5. The Hall–Kier alpha value is -1.55. The highest BCUT2D eigenvalue weighted by molar-refractivity contribution is 7.90. The Morgan fingerprint density at radius 3 is 2.26 bits per heavy atom. The number of carbonyl (C=O) groups excluding carboxylic acids is 2. The summed E-state index contributed by atoms with van der Waals surface area (Å²) in [4.78, 5) is 25.3. The lowest BCUT2D eigenvalue weighted by molar-refractivity contribution is -0.133. The van der Waals surface area contributed by atoms with Gasteiger partial charge in [-0.25, -0.2) is 4.21 Å². The largest absolute Gasteiger partial charge is 0.294 e. The number of hydrogen-bond donors (Lipinski definition) is 0. The second kappa shape index (κ2) is 4.53. The monoisotopic (exact) mass is 274 g/mol. The predicted octanol–water partition coefficient (Wildman–Crippen LogP) is 2.39. The van der Waals surface area contributed by atoms with Crippen LogP contribution in [0.25, 0.3) is 0 Å². The van der Waals surface area contributed by atoms with E-state index in [2.05, 4.69) is 0 Å². The van der Waals surface area contributed by atoms with E-state index in [0.717, 1.165) is 12.8 Å². The topological polar surface area (TPSA) is 51.2 Å². The number of hydrogen-bond acceptors (Lipinski definition) is 3. The molecule has 0 heterocycles. The van der Waals surface area contributed by atoms with Gasteiger partial charge in [-0.15, -0.1) is 0 Å². The van der Waals surface area contributed by atoms with Gasteiger partial charge in [-0.2, -0.15) is 0 Å². The molecular formula is C15H14O3S. The van der Waals surface area contributed by atoms with Crippen molar-refractivity contribution in [2.75, 3.05) is 0 Å². The van der Waals surface area contributed by atoms with Crippen LogP contribution in [-0.4, -0.2) is 15.8 Å². The van der Waals surface area contributed by atoms with Crippen LogP contribution < -0.4 is 0 Å². The first-order valence-electron chi connectivity index (χ1n) is 6.43. The predicted molar refractivity (Wildman–Crippen MR) is 71.8 cm³/mol. The van der Waals surface area contributed by atoms with Crippen LogP contribution in [0.15, 0.2) is 46.2 Å². The maximum atomic E-state index is 12.5. The third kappa shape index (κ3) is 1.82. The average molecular weight is 274 g/mol. The van der Waals surface area contributed by atoms with E-state index in [1.807, 2.05) is 6.07 Å². The Morgan fingerprint density at radius 1 is 1.00 bits per heavy atom. The molecule has 0 bridgehead atoms. The van der Waals surface area contributed by atoms with Crippen molar-refractivity contribution >= 4 is 22.4 Å². The van der Waals surface area contributed by atoms with Gasteiger partial charge in [-0.3, -0.25) is 9.59 Å². The minimum atomic E-state index is -1.54. The molecule has 0 radical (unpaired) electrons. The zero-order valence-electron chi connectivity index (χ0n) is 10.4. The van der Waals surface area contributed by atoms with Crippen molar-refractivity contribution in [1.29, 1.82) is 0 Å². The molecule has 2 aliphatic rings. The van der Waals surface area contributed by atoms with Crippen molar-refractivity contribution in [3.8, 4) is 0 Å². The maximum absolute atomic E-state index is 12.5. The highest BCUT2D eigenvalue weighted by atomic mass is 32.2. The molecule has 1 atom stereocenters. The Bertz CT molecular complexity index is 595. The quantitative estimate of drug-likeness (QED) is 0.778. The zero-order valence-corrected chi connectivity index (χ0v) is 11.2. The van der Waals surface area contributed by atoms with Crippen LogP contribution in [0, 0.1) is 5.41 Å². The number of carbonyl (C=O) groups is 2. The number of Topliss-reactive ketones (excluding diaryl/α,β-unsaturated/α-hetero) is 1. The number of ketones is 2. The van der Waals surface area contributed by atoms with Crippen molar-refractivity contribution in [1.82, 2.24) is 0 Å². The van der Waals surface area contributed by atoms with Gasteiger partial charge in [-0.05, 0) is 25.0 Å². The summed E-state index contributed by atoms with van der Waals surface area (Å²) in [5, 5.41) is 0. The first-order chi connectivity index (χ1) is 9.15. The third-order valence-corrected chi connectivity index (χ3v) is 5.41. The SMILES string of the molecule is O=C1C=C(S(=O)c2ccccc2)C(=O)C12CCCC2. The maximum Gasteiger partial charge on any atom is 0.186 e. The van der Waals surface area contributed by atoms with Crippen LogP contribution in [0.5, 0.6) is 0 Å². The summed E-state index contributed by atoms with van der Waals surface area (Å²) in [7, 11) is -1.54. The molecule has 0 aromatic heterocycles. The highest BCUT2D eigenvalue weighted by Crippen LogP contribution is 2.46. The summed E-state index contributed by atoms with van der Waals surface area (Å²) < 4.78 is 12.4. The summed E-state index contributed by atoms with van der Waals surface area (Å²) in [5.74, 6) is -0.355. The van der Waals surface area contributed by atoms with E-state index < -0.39 is 16.2 Å². The van der Waals surface area contributed by atoms with Gasteiger partial charge in [-0.1, -0.05) is 31.0 Å². The summed E-state index contributed by atoms with van der Waals surface area (Å²) in [6.45, 7) is 0. The minimum Gasteiger partial charge on any atom is -0.294 e. The van der Waals surface area contributed by atoms with Crippen molar-refractivity contribution in [3.05, 3.63) is 41.3 Å². The molecule has 0 aliphatic heterocycles. The van der Waals surface area contributed by atoms with E-state index in [4.69, 9.17) is 0 Å². The normalized spacial score (nSPS) is 22.8. The highest BCUT2D eigenvalue weighted by Gasteiger charge is 2.52. The first-order valence-corrected chi connectivity index (χ1v) is 7.58. The second-order valence-corrected chi connectivity index (χ2v) is 6.52. The molecule has 1 aromatic carbocycles. The molecule has 0 N–H and O–H groups in total. The molecule has 3 nitrogen and oxygen atoms in total. The Morgan fingerprint density at radius 2 is 1.63 bits per heavy atom. The van der Waals surface area contributed by atoms with Crippen LogP contribution in [-0.2, 0) is 20.4 Å². The molecule has 98 valence electrons. The molecule has 1 saturated carbocycles. The van der Waals surface area contributed by atoms with Crippen molar-refractivity contribution in [3.63, 3.8) is 0 Å². The molecular weight excluding hydrogens is 260 g/mol. The molecule has 2 aliphatic carbocycles.